The van der Waals surface area contributed by atoms with E-state index in [1.165, 1.54) is 0 Å². The van der Waals surface area contributed by atoms with Crippen molar-refractivity contribution in [3.05, 3.63) is 22.9 Å². The number of nitriles is 1. The summed E-state index contributed by atoms with van der Waals surface area (Å²) in [6.07, 6.45) is 0.647. The van der Waals surface area contributed by atoms with E-state index in [1.807, 2.05) is 6.92 Å². The first-order chi connectivity index (χ1) is 13.6. The Bertz CT molecular complexity index is 861. The molecular weight excluding hydrogens is 383 g/mol. The molecule has 1 atom stereocenters. The van der Waals surface area contributed by atoms with Crippen molar-refractivity contribution in [2.45, 2.75) is 70.0 Å². The molecule has 0 bridgehead atoms. The van der Waals surface area contributed by atoms with E-state index in [-0.39, 0.29) is 34.7 Å². The highest BCUT2D eigenvalue weighted by atomic mass is 19.4. The van der Waals surface area contributed by atoms with E-state index in [0.29, 0.717) is 37.9 Å². The molecule has 2 heterocycles. The molecule has 0 radical (unpaired) electrons. The minimum Gasteiger partial charge on any atom is -0.481 e. The smallest absolute Gasteiger partial charge is 0.417 e. The van der Waals surface area contributed by atoms with Gasteiger partial charge in [0, 0.05) is 24.2 Å². The number of pyridine rings is 1. The largest absolute Gasteiger partial charge is 0.481 e. The van der Waals surface area contributed by atoms with Gasteiger partial charge in [0.2, 0.25) is 0 Å². The Morgan fingerprint density at radius 2 is 1.97 bits per heavy atom. The highest BCUT2D eigenvalue weighted by Gasteiger charge is 2.49. The van der Waals surface area contributed by atoms with Crippen LogP contribution in [0.25, 0.3) is 0 Å². The maximum atomic E-state index is 13.7. The van der Waals surface area contributed by atoms with Gasteiger partial charge in [0.15, 0.2) is 0 Å². The van der Waals surface area contributed by atoms with Crippen LogP contribution in [-0.2, 0) is 11.0 Å². The molecule has 3 aliphatic rings. The lowest BCUT2D eigenvalue weighted by molar-refractivity contribution is -0.151. The number of hydrogen-bond acceptors (Lipinski definition) is 4. The van der Waals surface area contributed by atoms with Gasteiger partial charge in [-0.05, 0) is 63.4 Å². The number of anilines is 1. The van der Waals surface area contributed by atoms with Crippen molar-refractivity contribution in [1.29, 1.82) is 5.26 Å². The van der Waals surface area contributed by atoms with Crippen molar-refractivity contribution in [3.8, 4) is 6.07 Å². The number of hydrogen-bond donors (Lipinski definition) is 1. The Morgan fingerprint density at radius 1 is 1.31 bits per heavy atom. The molecule has 3 fully saturated rings. The Morgan fingerprint density at radius 3 is 2.41 bits per heavy atom. The molecule has 1 aromatic heterocycles. The molecule has 2 saturated carbocycles. The second-order valence-electron chi connectivity index (χ2n) is 8.95. The first kappa shape index (κ1) is 20.0. The summed E-state index contributed by atoms with van der Waals surface area (Å²) in [7, 11) is 0. The molecule has 1 aromatic rings. The maximum Gasteiger partial charge on any atom is 0.417 e. The lowest BCUT2D eigenvalue weighted by atomic mass is 9.54. The maximum absolute atomic E-state index is 13.7. The first-order valence-electron chi connectivity index (χ1n) is 10.2. The van der Waals surface area contributed by atoms with Gasteiger partial charge in [0.25, 0.3) is 0 Å². The minimum atomic E-state index is -4.61. The predicted octanol–water partition coefficient (Wildman–Crippen LogP) is 4.71. The topological polar surface area (TPSA) is 77.2 Å². The molecule has 156 valence electrons. The average Bonchev–Trinajstić information content (AvgIpc) is 2.63. The van der Waals surface area contributed by atoms with E-state index in [0.717, 1.165) is 25.3 Å². The molecule has 0 aromatic carbocycles. The van der Waals surface area contributed by atoms with Crippen LogP contribution in [0.15, 0.2) is 6.07 Å². The van der Waals surface area contributed by atoms with Gasteiger partial charge in [0.05, 0.1) is 11.5 Å². The van der Waals surface area contributed by atoms with Gasteiger partial charge in [-0.15, -0.1) is 0 Å². The number of carboxylic acid groups (broad SMARTS) is 1. The van der Waals surface area contributed by atoms with Crippen LogP contribution in [0.2, 0.25) is 0 Å². The molecule has 0 unspecified atom stereocenters. The number of alkyl halides is 3. The van der Waals surface area contributed by atoms with Gasteiger partial charge in [-0.1, -0.05) is 0 Å². The number of carbonyl (C=O) groups is 1. The molecule has 1 spiro atoms. The van der Waals surface area contributed by atoms with Crippen molar-refractivity contribution in [3.63, 3.8) is 0 Å². The Labute approximate surface area is 167 Å². The minimum absolute atomic E-state index is 0.0355. The zero-order valence-electron chi connectivity index (χ0n) is 16.3. The first-order valence-corrected chi connectivity index (χ1v) is 10.2. The summed E-state index contributed by atoms with van der Waals surface area (Å²) in [6.45, 7) is 2.53. The SMILES string of the molecule is C[C@H]1CCN1c1nc(C2CCC3(CC2)CC(C(=O)O)C3)cc(C(F)(F)F)c1C#N. The number of rotatable bonds is 3. The lowest BCUT2D eigenvalue weighted by Crippen LogP contribution is -2.47. The van der Waals surface area contributed by atoms with Gasteiger partial charge in [-0.3, -0.25) is 4.79 Å². The molecular formula is C21H24F3N3O2. The van der Waals surface area contributed by atoms with Gasteiger partial charge < -0.3 is 10.0 Å². The summed E-state index contributed by atoms with van der Waals surface area (Å²) in [5.41, 5.74) is -0.833. The van der Waals surface area contributed by atoms with E-state index >= 15 is 0 Å². The van der Waals surface area contributed by atoms with Crippen molar-refractivity contribution in [2.75, 3.05) is 11.4 Å². The highest BCUT2D eigenvalue weighted by molar-refractivity contribution is 5.71. The van der Waals surface area contributed by atoms with Crippen LogP contribution in [0.1, 0.15) is 74.6 Å². The van der Waals surface area contributed by atoms with Crippen LogP contribution >= 0.6 is 0 Å². The standard InChI is InChI=1S/C21H24F3N3O2/c1-12-4-7-27(12)18-15(11-25)16(21(22,23)24)8-17(26-18)13-2-5-20(6-3-13)9-14(10-20)19(28)29/h8,12-14H,2-7,9-10H2,1H3,(H,28,29)/t12-,13?,14?,20?/m0/s1. The molecule has 2 aliphatic carbocycles. The van der Waals surface area contributed by atoms with Crippen LogP contribution in [0.3, 0.4) is 0 Å². The molecule has 4 rings (SSSR count). The summed E-state index contributed by atoms with van der Waals surface area (Å²) in [5.74, 6) is -0.967. The third-order valence-electron chi connectivity index (χ3n) is 7.20. The van der Waals surface area contributed by atoms with Crippen molar-refractivity contribution in [1.82, 2.24) is 4.98 Å². The number of halogens is 3. The average molecular weight is 407 g/mol. The molecule has 0 amide bonds. The highest BCUT2D eigenvalue weighted by Crippen LogP contribution is 2.57. The van der Waals surface area contributed by atoms with Gasteiger partial charge in [-0.25, -0.2) is 4.98 Å². The Hall–Kier alpha value is -2.30. The lowest BCUT2D eigenvalue weighted by Gasteiger charge is -2.50. The second kappa shape index (κ2) is 6.89. The predicted molar refractivity (Wildman–Crippen MR) is 99.4 cm³/mol. The molecule has 1 saturated heterocycles. The van der Waals surface area contributed by atoms with Crippen molar-refractivity contribution < 1.29 is 23.1 Å². The van der Waals surface area contributed by atoms with Crippen LogP contribution in [0.5, 0.6) is 0 Å². The van der Waals surface area contributed by atoms with Crippen molar-refractivity contribution in [2.24, 2.45) is 11.3 Å². The van der Waals surface area contributed by atoms with Gasteiger partial charge in [-0.2, -0.15) is 18.4 Å². The zero-order chi connectivity index (χ0) is 21.0. The summed E-state index contributed by atoms with van der Waals surface area (Å²) in [4.78, 5) is 17.4. The van der Waals surface area contributed by atoms with Crippen LogP contribution in [0, 0.1) is 22.7 Å². The summed E-state index contributed by atoms with van der Waals surface area (Å²) >= 11 is 0. The van der Waals surface area contributed by atoms with E-state index in [2.05, 4.69) is 4.98 Å². The Kier molecular flexibility index (Phi) is 4.75. The van der Waals surface area contributed by atoms with Gasteiger partial charge in [0.1, 0.15) is 17.5 Å². The molecule has 8 heteroatoms. The third kappa shape index (κ3) is 3.45. The fourth-order valence-electron chi connectivity index (χ4n) is 5.23. The fraction of sp³-hybridized carbons (Fsp3) is 0.667. The molecule has 1 N–H and O–H groups in total. The van der Waals surface area contributed by atoms with E-state index < -0.39 is 17.7 Å². The second-order valence-corrected chi connectivity index (χ2v) is 8.95. The monoisotopic (exact) mass is 407 g/mol. The number of aromatic nitrogens is 1. The van der Waals surface area contributed by atoms with E-state index in [4.69, 9.17) is 5.11 Å². The normalized spacial score (nSPS) is 31.7. The Balaban J connectivity index is 1.60. The van der Waals surface area contributed by atoms with Crippen molar-refractivity contribution >= 4 is 11.8 Å². The third-order valence-corrected chi connectivity index (χ3v) is 7.20. The summed E-state index contributed by atoms with van der Waals surface area (Å²) in [5, 5.41) is 18.6. The molecule has 1 aliphatic heterocycles. The van der Waals surface area contributed by atoms with Gasteiger partial charge >= 0.3 is 12.1 Å². The fourth-order valence-corrected chi connectivity index (χ4v) is 5.23. The van der Waals surface area contributed by atoms with E-state index in [1.54, 1.807) is 11.0 Å². The summed E-state index contributed by atoms with van der Waals surface area (Å²) in [6, 6.07) is 2.88. The van der Waals surface area contributed by atoms with E-state index in [9.17, 15) is 23.2 Å². The van der Waals surface area contributed by atoms with Crippen LogP contribution in [-0.4, -0.2) is 28.6 Å². The number of aliphatic carboxylic acids is 1. The zero-order valence-corrected chi connectivity index (χ0v) is 16.3. The van der Waals surface area contributed by atoms with Crippen LogP contribution in [0.4, 0.5) is 19.0 Å². The number of nitrogens with zero attached hydrogens (tertiary/aromatic N) is 3. The van der Waals surface area contributed by atoms with Crippen LogP contribution < -0.4 is 4.90 Å². The molecule has 5 nitrogen and oxygen atoms in total. The number of carboxylic acids is 1. The molecule has 29 heavy (non-hydrogen) atoms. The summed E-state index contributed by atoms with van der Waals surface area (Å²) < 4.78 is 41.1. The quantitative estimate of drug-likeness (QED) is 0.785.